The maximum absolute atomic E-state index is 12.7. The molecular weight excluding hydrogens is 403 g/mol. The highest BCUT2D eigenvalue weighted by molar-refractivity contribution is 6.40. The van der Waals surface area contributed by atoms with E-state index in [1.54, 1.807) is 0 Å². The molecule has 1 fully saturated rings. The van der Waals surface area contributed by atoms with E-state index < -0.39 is 17.8 Å². The zero-order valence-electron chi connectivity index (χ0n) is 12.8. The number of hydrogen-bond acceptors (Lipinski definition) is 4. The molecule has 2 N–H and O–H groups in total. The second-order valence-electron chi connectivity index (χ2n) is 5.26. The lowest BCUT2D eigenvalue weighted by Gasteiger charge is -2.26. The molecule has 1 aliphatic heterocycles. The Bertz CT molecular complexity index is 971. The number of carbonyl (C=O) groups excluding carboxylic acids is 3. The van der Waals surface area contributed by atoms with Crippen LogP contribution < -0.4 is 10.2 Å². The Hall–Kier alpha value is -2.54. The number of aromatic hydroxyl groups is 1. The van der Waals surface area contributed by atoms with Crippen molar-refractivity contribution in [1.29, 1.82) is 0 Å². The lowest BCUT2D eigenvalue weighted by molar-refractivity contribution is -0.122. The molecule has 6 nitrogen and oxygen atoms in total. The number of rotatable bonds is 2. The van der Waals surface area contributed by atoms with Gasteiger partial charge in [0.1, 0.15) is 11.3 Å². The van der Waals surface area contributed by atoms with Gasteiger partial charge >= 0.3 is 6.03 Å². The fourth-order valence-electron chi connectivity index (χ4n) is 2.33. The van der Waals surface area contributed by atoms with E-state index in [1.165, 1.54) is 36.4 Å². The van der Waals surface area contributed by atoms with E-state index in [9.17, 15) is 19.5 Å². The Morgan fingerprint density at radius 3 is 2.27 bits per heavy atom. The minimum atomic E-state index is -0.902. The molecule has 1 heterocycles. The summed E-state index contributed by atoms with van der Waals surface area (Å²) in [5, 5.41) is 12.7. The molecule has 4 amide bonds. The molecule has 0 radical (unpaired) electrons. The number of hydrogen-bond donors (Lipinski definition) is 2. The summed E-state index contributed by atoms with van der Waals surface area (Å²) in [6, 6.07) is 7.67. The van der Waals surface area contributed by atoms with E-state index in [4.69, 9.17) is 34.8 Å². The van der Waals surface area contributed by atoms with E-state index in [2.05, 4.69) is 5.32 Å². The summed E-state index contributed by atoms with van der Waals surface area (Å²) in [5.74, 6) is -2.11. The van der Waals surface area contributed by atoms with Crippen LogP contribution in [0.4, 0.5) is 10.5 Å². The number of anilines is 1. The van der Waals surface area contributed by atoms with Gasteiger partial charge < -0.3 is 5.11 Å². The summed E-state index contributed by atoms with van der Waals surface area (Å²) in [6.45, 7) is 0. The SMILES string of the molecule is O=C1NC(=O)N(c2ccc(Cl)cc2)C(=O)/C1=C/c1cc(Cl)cc(Cl)c1O. The van der Waals surface area contributed by atoms with Crippen molar-refractivity contribution in [1.82, 2.24) is 5.32 Å². The number of imide groups is 2. The van der Waals surface area contributed by atoms with E-state index in [-0.39, 0.29) is 32.6 Å². The third-order valence-electron chi connectivity index (χ3n) is 3.54. The van der Waals surface area contributed by atoms with Crippen LogP contribution in [0.1, 0.15) is 5.56 Å². The maximum Gasteiger partial charge on any atom is 0.335 e. The molecule has 1 saturated heterocycles. The maximum atomic E-state index is 12.7. The highest BCUT2D eigenvalue weighted by Crippen LogP contribution is 2.33. The zero-order valence-corrected chi connectivity index (χ0v) is 15.1. The van der Waals surface area contributed by atoms with Crippen LogP contribution >= 0.6 is 34.8 Å². The zero-order chi connectivity index (χ0) is 19.0. The second-order valence-corrected chi connectivity index (χ2v) is 6.54. The normalized spacial score (nSPS) is 16.2. The Kier molecular flexibility index (Phi) is 4.91. The number of carbonyl (C=O) groups is 3. The van der Waals surface area contributed by atoms with Gasteiger partial charge in [0, 0.05) is 15.6 Å². The van der Waals surface area contributed by atoms with Gasteiger partial charge in [-0.3, -0.25) is 14.9 Å². The van der Waals surface area contributed by atoms with E-state index in [0.29, 0.717) is 5.02 Å². The van der Waals surface area contributed by atoms with Crippen LogP contribution in [-0.2, 0) is 9.59 Å². The molecule has 0 atom stereocenters. The number of phenolic OH excluding ortho intramolecular Hbond substituents is 1. The first kappa shape index (κ1) is 18.3. The topological polar surface area (TPSA) is 86.7 Å². The van der Waals surface area contributed by atoms with Gasteiger partial charge in [0.25, 0.3) is 11.8 Å². The molecule has 0 spiro atoms. The minimum absolute atomic E-state index is 0.0429. The molecule has 2 aromatic carbocycles. The Balaban J connectivity index is 2.07. The first-order chi connectivity index (χ1) is 12.3. The molecule has 3 rings (SSSR count). The lowest BCUT2D eigenvalue weighted by atomic mass is 10.1. The molecule has 0 saturated carbocycles. The molecule has 0 aliphatic carbocycles. The van der Waals surface area contributed by atoms with Crippen molar-refractivity contribution in [3.8, 4) is 5.75 Å². The van der Waals surface area contributed by atoms with Crippen molar-refractivity contribution in [2.24, 2.45) is 0 Å². The monoisotopic (exact) mass is 410 g/mol. The number of amides is 4. The third kappa shape index (κ3) is 3.39. The van der Waals surface area contributed by atoms with Crippen LogP contribution in [0.5, 0.6) is 5.75 Å². The fraction of sp³-hybridized carbons (Fsp3) is 0. The van der Waals surface area contributed by atoms with Crippen LogP contribution in [0.3, 0.4) is 0 Å². The van der Waals surface area contributed by atoms with Crippen LogP contribution in [0.25, 0.3) is 6.08 Å². The first-order valence-corrected chi connectivity index (χ1v) is 8.26. The van der Waals surface area contributed by atoms with Gasteiger partial charge in [-0.1, -0.05) is 34.8 Å². The molecule has 26 heavy (non-hydrogen) atoms. The third-order valence-corrected chi connectivity index (χ3v) is 4.30. The van der Waals surface area contributed by atoms with Crippen LogP contribution in [0.15, 0.2) is 42.0 Å². The van der Waals surface area contributed by atoms with Gasteiger partial charge in [-0.2, -0.15) is 0 Å². The predicted molar refractivity (Wildman–Crippen MR) is 98.6 cm³/mol. The molecule has 0 aromatic heterocycles. The molecule has 132 valence electrons. The number of phenols is 1. The number of nitrogens with zero attached hydrogens (tertiary/aromatic N) is 1. The van der Waals surface area contributed by atoms with Crippen molar-refractivity contribution in [2.75, 3.05) is 4.90 Å². The predicted octanol–water partition coefficient (Wildman–Crippen LogP) is 4.02. The first-order valence-electron chi connectivity index (χ1n) is 7.13. The smallest absolute Gasteiger partial charge is 0.335 e. The molecule has 0 unspecified atom stereocenters. The van der Waals surface area contributed by atoms with Gasteiger partial charge in [-0.15, -0.1) is 0 Å². The summed E-state index contributed by atoms with van der Waals surface area (Å²) in [6.07, 6.45) is 1.11. The average Bonchev–Trinajstić information content (AvgIpc) is 2.57. The van der Waals surface area contributed by atoms with E-state index in [1.807, 2.05) is 0 Å². The van der Waals surface area contributed by atoms with E-state index in [0.717, 1.165) is 11.0 Å². The van der Waals surface area contributed by atoms with Crippen molar-refractivity contribution in [3.63, 3.8) is 0 Å². The molecular formula is C17H9Cl3N2O4. The van der Waals surface area contributed by atoms with Crippen LogP contribution in [0.2, 0.25) is 15.1 Å². The number of barbiturate groups is 1. The van der Waals surface area contributed by atoms with Crippen molar-refractivity contribution in [2.45, 2.75) is 0 Å². The molecule has 0 bridgehead atoms. The van der Waals surface area contributed by atoms with Crippen LogP contribution in [0, 0.1) is 0 Å². The summed E-state index contributed by atoms with van der Waals surface area (Å²) < 4.78 is 0. The summed E-state index contributed by atoms with van der Waals surface area (Å²) in [4.78, 5) is 37.7. The van der Waals surface area contributed by atoms with E-state index >= 15 is 0 Å². The molecule has 9 heteroatoms. The number of benzene rings is 2. The fourth-order valence-corrected chi connectivity index (χ4v) is 2.97. The molecule has 2 aromatic rings. The highest BCUT2D eigenvalue weighted by atomic mass is 35.5. The van der Waals surface area contributed by atoms with Gasteiger partial charge in [0.05, 0.1) is 10.7 Å². The number of nitrogens with one attached hydrogen (secondary N) is 1. The minimum Gasteiger partial charge on any atom is -0.506 e. The lowest BCUT2D eigenvalue weighted by Crippen LogP contribution is -2.54. The van der Waals surface area contributed by atoms with Gasteiger partial charge in [-0.05, 0) is 42.5 Å². The Morgan fingerprint density at radius 1 is 0.962 bits per heavy atom. The molecule has 1 aliphatic rings. The Morgan fingerprint density at radius 2 is 1.62 bits per heavy atom. The largest absolute Gasteiger partial charge is 0.506 e. The van der Waals surface area contributed by atoms with Gasteiger partial charge in [0.15, 0.2) is 0 Å². The Labute approximate surface area is 162 Å². The summed E-state index contributed by atoms with van der Waals surface area (Å²) in [5.41, 5.74) is -0.0803. The van der Waals surface area contributed by atoms with Gasteiger partial charge in [-0.25, -0.2) is 9.69 Å². The average molecular weight is 412 g/mol. The number of urea groups is 1. The standard InChI is InChI=1S/C17H9Cl3N2O4/c18-9-1-3-11(4-2-9)22-16(25)12(15(24)21-17(22)26)6-8-5-10(19)7-13(20)14(8)23/h1-7,23H,(H,21,24,26)/b12-6+. The van der Waals surface area contributed by atoms with Crippen molar-refractivity contribution in [3.05, 3.63) is 62.6 Å². The highest BCUT2D eigenvalue weighted by Gasteiger charge is 2.37. The van der Waals surface area contributed by atoms with Crippen molar-refractivity contribution < 1.29 is 19.5 Å². The second kappa shape index (κ2) is 6.99. The van der Waals surface area contributed by atoms with Crippen molar-refractivity contribution >= 4 is 64.4 Å². The summed E-state index contributed by atoms with van der Waals surface area (Å²) in [7, 11) is 0. The summed E-state index contributed by atoms with van der Waals surface area (Å²) >= 11 is 17.5. The quantitative estimate of drug-likeness (QED) is 0.577. The number of halogens is 3. The van der Waals surface area contributed by atoms with Crippen LogP contribution in [-0.4, -0.2) is 23.0 Å². The van der Waals surface area contributed by atoms with Gasteiger partial charge in [0.2, 0.25) is 0 Å².